The zero-order valence-electron chi connectivity index (χ0n) is 6.13. The smallest absolute Gasteiger partial charge is 0.251 e. The van der Waals surface area contributed by atoms with Crippen LogP contribution in [0.5, 0.6) is 0 Å². The topological polar surface area (TPSA) is 23.6 Å². The average molecular weight is 153 g/mol. The molecule has 56 valence electrons. The monoisotopic (exact) mass is 153 g/mol. The Labute approximate surface area is 55.0 Å². The van der Waals surface area contributed by atoms with Crippen molar-refractivity contribution in [3.8, 4) is 0 Å². The highest BCUT2D eigenvalue weighted by atomic mass is 31.2. The van der Waals surface area contributed by atoms with Crippen molar-refractivity contribution in [3.05, 3.63) is 0 Å². The fourth-order valence-corrected chi connectivity index (χ4v) is 1.07. The number of nitrogens with zero attached hydrogens (tertiary/aromatic N) is 2. The van der Waals surface area contributed by atoms with Gasteiger partial charge in [-0.2, -0.15) is 4.20 Å². The van der Waals surface area contributed by atoms with E-state index in [2.05, 4.69) is 0 Å². The maximum Gasteiger partial charge on any atom is 0.381 e. The van der Waals surface area contributed by atoms with Gasteiger partial charge in [-0.3, -0.25) is 4.57 Å². The van der Waals surface area contributed by atoms with Crippen LogP contribution in [0, 0.1) is 0 Å². The third-order valence-corrected chi connectivity index (χ3v) is 2.96. The molecule has 0 spiro atoms. The highest BCUT2D eigenvalue weighted by Gasteiger charge is 2.26. The van der Waals surface area contributed by atoms with Gasteiger partial charge in [0.2, 0.25) is 0 Å². The highest BCUT2D eigenvalue weighted by Crippen LogP contribution is 2.50. The molecule has 0 atom stereocenters. The zero-order chi connectivity index (χ0) is 7.65. The maximum atomic E-state index is 12.7. The second kappa shape index (κ2) is 2.78. The van der Waals surface area contributed by atoms with E-state index >= 15 is 0 Å². The van der Waals surface area contributed by atoms with Crippen LogP contribution >= 0.6 is 7.75 Å². The van der Waals surface area contributed by atoms with E-state index in [0.717, 1.165) is 9.34 Å². The molecule has 0 heterocycles. The van der Waals surface area contributed by atoms with Crippen LogP contribution in [-0.4, -0.2) is 37.5 Å². The molecule has 0 saturated heterocycles. The molecular weight excluding hydrogens is 141 g/mol. The van der Waals surface area contributed by atoms with Crippen LogP contribution in [0.3, 0.4) is 0 Å². The van der Waals surface area contributed by atoms with Gasteiger partial charge in [0, 0.05) is 0 Å². The van der Waals surface area contributed by atoms with Gasteiger partial charge in [-0.1, -0.05) is 0 Å². The molecule has 0 aliphatic rings. The van der Waals surface area contributed by atoms with Gasteiger partial charge in [0.05, 0.1) is 0 Å². The largest absolute Gasteiger partial charge is 0.381 e. The lowest BCUT2D eigenvalue weighted by molar-refractivity contribution is 0.399. The predicted molar refractivity (Wildman–Crippen MR) is 36.1 cm³/mol. The SMILES string of the molecule is CN(C)P(=O)([18F])N(C)C. The summed E-state index contributed by atoms with van der Waals surface area (Å²) in [5, 5.41) is 0. The lowest BCUT2D eigenvalue weighted by Crippen LogP contribution is -2.17. The lowest BCUT2D eigenvalue weighted by Gasteiger charge is -2.21. The third-order valence-electron chi connectivity index (χ3n) is 0.987. The first-order chi connectivity index (χ1) is 3.89. The minimum Gasteiger partial charge on any atom is -0.251 e. The molecule has 0 aromatic heterocycles. The van der Waals surface area contributed by atoms with E-state index in [9.17, 15) is 8.76 Å². The van der Waals surface area contributed by atoms with Gasteiger partial charge in [-0.15, -0.1) is 0 Å². The Balaban J connectivity index is 4.21. The molecule has 0 aromatic rings. The van der Waals surface area contributed by atoms with Crippen LogP contribution in [0.15, 0.2) is 0 Å². The number of rotatable bonds is 2. The molecule has 0 aromatic carbocycles. The summed E-state index contributed by atoms with van der Waals surface area (Å²) in [6, 6.07) is 0. The zero-order valence-corrected chi connectivity index (χ0v) is 7.02. The average Bonchev–Trinajstić information content (AvgIpc) is 1.65. The Hall–Kier alpha value is 0.0800. The summed E-state index contributed by atoms with van der Waals surface area (Å²) in [5.74, 6) is 0. The second-order valence-electron chi connectivity index (χ2n) is 2.17. The van der Waals surface area contributed by atoms with Crippen molar-refractivity contribution in [3.63, 3.8) is 0 Å². The Bertz CT molecular complexity index is 125. The van der Waals surface area contributed by atoms with Crippen molar-refractivity contribution in [2.75, 3.05) is 28.2 Å². The number of halogens is 1. The molecule has 0 aliphatic carbocycles. The molecule has 0 N–H and O–H groups in total. The second-order valence-corrected chi connectivity index (χ2v) is 4.71. The molecule has 5 heteroatoms. The predicted octanol–water partition coefficient (Wildman–Crippen LogP) is 1.19. The Morgan fingerprint density at radius 2 is 1.33 bits per heavy atom. The molecular formula is C4H12FN2OP. The molecule has 0 unspecified atom stereocenters. The highest BCUT2D eigenvalue weighted by molar-refractivity contribution is 7.53. The molecule has 0 saturated carbocycles. The van der Waals surface area contributed by atoms with E-state index in [4.69, 9.17) is 0 Å². The van der Waals surface area contributed by atoms with Crippen LogP contribution in [-0.2, 0) is 4.57 Å². The van der Waals surface area contributed by atoms with E-state index in [-0.39, 0.29) is 0 Å². The normalized spacial score (nSPS) is 13.2. The van der Waals surface area contributed by atoms with Crippen LogP contribution in [0.25, 0.3) is 0 Å². The maximum absolute atomic E-state index is 12.7. The summed E-state index contributed by atoms with van der Waals surface area (Å²) in [4.78, 5) is 0. The van der Waals surface area contributed by atoms with E-state index < -0.39 is 7.75 Å². The molecule has 0 fully saturated rings. The fraction of sp³-hybridized carbons (Fsp3) is 1.00. The van der Waals surface area contributed by atoms with Crippen molar-refractivity contribution >= 4 is 7.75 Å². The van der Waals surface area contributed by atoms with Gasteiger partial charge in [-0.25, -0.2) is 9.34 Å². The van der Waals surface area contributed by atoms with Crippen LogP contribution < -0.4 is 0 Å². The summed E-state index contributed by atoms with van der Waals surface area (Å²) in [7, 11) is 2.11. The fourth-order valence-electron chi connectivity index (χ4n) is 0.358. The van der Waals surface area contributed by atoms with Gasteiger partial charge in [0.25, 0.3) is 0 Å². The lowest BCUT2D eigenvalue weighted by atomic mass is 11.3. The Morgan fingerprint density at radius 1 is 1.11 bits per heavy atom. The van der Waals surface area contributed by atoms with Gasteiger partial charge in [0.15, 0.2) is 0 Å². The van der Waals surface area contributed by atoms with Crippen molar-refractivity contribution in [1.29, 1.82) is 0 Å². The Kier molecular flexibility index (Phi) is 2.80. The van der Waals surface area contributed by atoms with E-state index in [1.54, 1.807) is 0 Å². The van der Waals surface area contributed by atoms with Crippen LogP contribution in [0.2, 0.25) is 0 Å². The summed E-state index contributed by atoms with van der Waals surface area (Å²) in [5.41, 5.74) is 0. The van der Waals surface area contributed by atoms with Crippen LogP contribution in [0.1, 0.15) is 0 Å². The summed E-state index contributed by atoms with van der Waals surface area (Å²) in [6.07, 6.45) is 0. The third kappa shape index (κ3) is 2.05. The number of hydrogen-bond donors (Lipinski definition) is 0. The first-order valence-electron chi connectivity index (χ1n) is 2.54. The van der Waals surface area contributed by atoms with E-state index in [0.29, 0.717) is 0 Å². The van der Waals surface area contributed by atoms with Gasteiger partial charge in [0.1, 0.15) is 0 Å². The quantitative estimate of drug-likeness (QED) is 0.556. The van der Waals surface area contributed by atoms with Crippen molar-refractivity contribution in [1.82, 2.24) is 9.34 Å². The minimum atomic E-state index is -3.67. The summed E-state index contributed by atoms with van der Waals surface area (Å²) in [6.45, 7) is 0. The summed E-state index contributed by atoms with van der Waals surface area (Å²) >= 11 is 0. The van der Waals surface area contributed by atoms with E-state index in [1.807, 2.05) is 0 Å². The molecule has 0 amide bonds. The number of hydrogen-bond acceptors (Lipinski definition) is 1. The van der Waals surface area contributed by atoms with Crippen molar-refractivity contribution < 1.29 is 8.76 Å². The van der Waals surface area contributed by atoms with E-state index in [1.165, 1.54) is 28.2 Å². The molecule has 0 aliphatic heterocycles. The molecule has 9 heavy (non-hydrogen) atoms. The molecule has 0 bridgehead atoms. The molecule has 3 nitrogen and oxygen atoms in total. The molecule has 0 radical (unpaired) electrons. The first-order valence-corrected chi connectivity index (χ1v) is 4.04. The van der Waals surface area contributed by atoms with Crippen molar-refractivity contribution in [2.45, 2.75) is 0 Å². The van der Waals surface area contributed by atoms with Crippen LogP contribution in [0.4, 0.5) is 4.20 Å². The van der Waals surface area contributed by atoms with Gasteiger partial charge < -0.3 is 0 Å². The summed E-state index contributed by atoms with van der Waals surface area (Å²) < 4.78 is 25.7. The Morgan fingerprint density at radius 3 is 1.33 bits per heavy atom. The van der Waals surface area contributed by atoms with Crippen molar-refractivity contribution in [2.24, 2.45) is 0 Å². The van der Waals surface area contributed by atoms with Gasteiger partial charge >= 0.3 is 7.75 Å². The molecule has 0 rings (SSSR count). The minimum absolute atomic E-state index is 1.08. The standard InChI is InChI=1S/C4H12FN2OP/c1-6(2)9(5,8)7(3)4/h1-4H3/i5-1. The first kappa shape index (κ1) is 9.08. The van der Waals surface area contributed by atoms with Gasteiger partial charge in [-0.05, 0) is 28.2 Å².